The quantitative estimate of drug-likeness (QED) is 0.870. The number of hydrogen-bond acceptors (Lipinski definition) is 2. The van der Waals surface area contributed by atoms with Crippen molar-refractivity contribution in [3.05, 3.63) is 47.0 Å². The molecule has 20 heavy (non-hydrogen) atoms. The third-order valence-electron chi connectivity index (χ3n) is 4.53. The van der Waals surface area contributed by atoms with Crippen molar-refractivity contribution in [3.8, 4) is 0 Å². The van der Waals surface area contributed by atoms with Crippen LogP contribution in [0.3, 0.4) is 0 Å². The van der Waals surface area contributed by atoms with E-state index in [4.69, 9.17) is 0 Å². The molecule has 1 aromatic carbocycles. The molecule has 2 nitrogen and oxygen atoms in total. The van der Waals surface area contributed by atoms with Crippen LogP contribution in [0, 0.1) is 0 Å². The van der Waals surface area contributed by atoms with Crippen molar-refractivity contribution in [2.24, 2.45) is 0 Å². The van der Waals surface area contributed by atoms with Gasteiger partial charge in [0.05, 0.1) is 0 Å². The highest BCUT2D eigenvalue weighted by atomic mass is 79.9. The maximum Gasteiger partial charge on any atom is 0.0477 e. The van der Waals surface area contributed by atoms with Crippen molar-refractivity contribution in [1.29, 1.82) is 0 Å². The minimum Gasteiger partial charge on any atom is -0.308 e. The zero-order chi connectivity index (χ0) is 14.6. The van der Waals surface area contributed by atoms with Crippen molar-refractivity contribution in [1.82, 2.24) is 10.2 Å². The fraction of sp³-hybridized carbons (Fsp3) is 0.529. The molecule has 0 radical (unpaired) electrons. The van der Waals surface area contributed by atoms with Gasteiger partial charge < -0.3 is 5.32 Å². The van der Waals surface area contributed by atoms with Crippen molar-refractivity contribution in [2.45, 2.75) is 38.3 Å². The molecule has 1 aromatic rings. The van der Waals surface area contributed by atoms with Crippen molar-refractivity contribution in [2.75, 3.05) is 19.6 Å². The van der Waals surface area contributed by atoms with E-state index in [0.717, 1.165) is 37.0 Å². The summed E-state index contributed by atoms with van der Waals surface area (Å²) in [5.74, 6) is 0. The molecule has 1 aliphatic rings. The Morgan fingerprint density at radius 1 is 1.35 bits per heavy atom. The molecule has 3 heteroatoms. The van der Waals surface area contributed by atoms with E-state index in [1.165, 1.54) is 5.56 Å². The number of nitrogens with one attached hydrogen (secondary N) is 1. The standard InChI is InChI=1S/C17H25BrN2/c1-4-17(5-2)13-20(12-14(3)18)16(11-19-17)15-9-7-6-8-10-15/h6-10,16,19H,3-5,11-13H2,1-2H3. The number of benzene rings is 1. The molecule has 1 atom stereocenters. The number of piperazine rings is 1. The third kappa shape index (κ3) is 3.51. The zero-order valence-corrected chi connectivity index (χ0v) is 14.1. The Morgan fingerprint density at radius 2 is 2.00 bits per heavy atom. The first-order chi connectivity index (χ1) is 9.60. The number of rotatable bonds is 5. The normalized spacial score (nSPS) is 22.6. The Balaban J connectivity index is 2.22. The van der Waals surface area contributed by atoms with E-state index in [9.17, 15) is 0 Å². The maximum absolute atomic E-state index is 4.03. The molecule has 1 heterocycles. The fourth-order valence-corrected chi connectivity index (χ4v) is 3.43. The summed E-state index contributed by atoms with van der Waals surface area (Å²) in [4.78, 5) is 2.55. The molecule has 1 aliphatic heterocycles. The molecule has 110 valence electrons. The van der Waals surface area contributed by atoms with Gasteiger partial charge in [0.25, 0.3) is 0 Å². The first kappa shape index (κ1) is 15.7. The van der Waals surface area contributed by atoms with Gasteiger partial charge in [-0.25, -0.2) is 0 Å². The second-order valence-corrected chi connectivity index (χ2v) is 6.84. The van der Waals surface area contributed by atoms with Crippen LogP contribution in [0.25, 0.3) is 0 Å². The summed E-state index contributed by atoms with van der Waals surface area (Å²) in [6.45, 7) is 11.6. The van der Waals surface area contributed by atoms with E-state index in [1.54, 1.807) is 0 Å². The van der Waals surface area contributed by atoms with E-state index in [0.29, 0.717) is 6.04 Å². The minimum absolute atomic E-state index is 0.244. The SMILES string of the molecule is C=C(Br)CN1CC(CC)(CC)NCC1c1ccccc1. The molecule has 0 saturated carbocycles. The van der Waals surface area contributed by atoms with Gasteiger partial charge in [-0.2, -0.15) is 0 Å². The van der Waals surface area contributed by atoms with E-state index in [2.05, 4.69) is 76.9 Å². The van der Waals surface area contributed by atoms with Gasteiger partial charge in [0.1, 0.15) is 0 Å². The van der Waals surface area contributed by atoms with Crippen molar-refractivity contribution >= 4 is 15.9 Å². The minimum atomic E-state index is 0.244. The molecule has 2 rings (SSSR count). The molecule has 1 unspecified atom stereocenters. The lowest BCUT2D eigenvalue weighted by Gasteiger charge is -2.47. The monoisotopic (exact) mass is 336 g/mol. The number of nitrogens with zero attached hydrogens (tertiary/aromatic N) is 1. The Hall–Kier alpha value is -0.640. The molecule has 0 aromatic heterocycles. The van der Waals surface area contributed by atoms with Gasteiger partial charge in [-0.05, 0) is 18.4 Å². The van der Waals surface area contributed by atoms with Crippen LogP contribution in [0.4, 0.5) is 0 Å². The highest BCUT2D eigenvalue weighted by Gasteiger charge is 2.37. The number of hydrogen-bond donors (Lipinski definition) is 1. The summed E-state index contributed by atoms with van der Waals surface area (Å²) in [7, 11) is 0. The Morgan fingerprint density at radius 3 is 2.55 bits per heavy atom. The van der Waals surface area contributed by atoms with E-state index in [1.807, 2.05) is 0 Å². The molecule has 1 N–H and O–H groups in total. The summed E-state index contributed by atoms with van der Waals surface area (Å²) in [6, 6.07) is 11.2. The predicted octanol–water partition coefficient (Wildman–Crippen LogP) is 4.10. The van der Waals surface area contributed by atoms with E-state index in [-0.39, 0.29) is 5.54 Å². The van der Waals surface area contributed by atoms with Crippen LogP contribution in [0.5, 0.6) is 0 Å². The van der Waals surface area contributed by atoms with Crippen LogP contribution in [-0.2, 0) is 0 Å². The van der Waals surface area contributed by atoms with Crippen LogP contribution < -0.4 is 5.32 Å². The molecule has 0 bridgehead atoms. The van der Waals surface area contributed by atoms with Gasteiger partial charge in [-0.1, -0.05) is 66.7 Å². The summed E-state index contributed by atoms with van der Waals surface area (Å²) in [6.07, 6.45) is 2.33. The van der Waals surface area contributed by atoms with Gasteiger partial charge in [0.2, 0.25) is 0 Å². The van der Waals surface area contributed by atoms with Gasteiger partial charge >= 0.3 is 0 Å². The van der Waals surface area contributed by atoms with Crippen LogP contribution in [0.1, 0.15) is 38.3 Å². The third-order valence-corrected chi connectivity index (χ3v) is 4.78. The second-order valence-electron chi connectivity index (χ2n) is 5.72. The van der Waals surface area contributed by atoms with Gasteiger partial charge in [0.15, 0.2) is 0 Å². The molecular weight excluding hydrogens is 312 g/mol. The molecule has 1 saturated heterocycles. The molecule has 1 fully saturated rings. The average molecular weight is 337 g/mol. The molecular formula is C17H25BrN2. The predicted molar refractivity (Wildman–Crippen MR) is 90.1 cm³/mol. The largest absolute Gasteiger partial charge is 0.308 e. The summed E-state index contributed by atoms with van der Waals surface area (Å²) < 4.78 is 1.06. The van der Waals surface area contributed by atoms with Gasteiger partial charge in [0, 0.05) is 35.7 Å². The summed E-state index contributed by atoms with van der Waals surface area (Å²) in [5.41, 5.74) is 1.63. The molecule has 0 aliphatic carbocycles. The highest BCUT2D eigenvalue weighted by molar-refractivity contribution is 9.11. The van der Waals surface area contributed by atoms with E-state index < -0.39 is 0 Å². The van der Waals surface area contributed by atoms with Crippen molar-refractivity contribution < 1.29 is 0 Å². The first-order valence-corrected chi connectivity index (χ1v) is 8.27. The van der Waals surface area contributed by atoms with Gasteiger partial charge in [-0.3, -0.25) is 4.90 Å². The highest BCUT2D eigenvalue weighted by Crippen LogP contribution is 2.31. The van der Waals surface area contributed by atoms with Crippen LogP contribution in [0.15, 0.2) is 41.4 Å². The zero-order valence-electron chi connectivity index (χ0n) is 12.5. The summed E-state index contributed by atoms with van der Waals surface area (Å²) >= 11 is 3.53. The number of halogens is 1. The second kappa shape index (κ2) is 6.88. The Bertz CT molecular complexity index is 440. The average Bonchev–Trinajstić information content (AvgIpc) is 2.47. The lowest BCUT2D eigenvalue weighted by Crippen LogP contribution is -2.60. The van der Waals surface area contributed by atoms with Gasteiger partial charge in [-0.15, -0.1) is 0 Å². The van der Waals surface area contributed by atoms with Crippen LogP contribution in [0.2, 0.25) is 0 Å². The Kier molecular flexibility index (Phi) is 5.42. The maximum atomic E-state index is 4.03. The van der Waals surface area contributed by atoms with E-state index >= 15 is 0 Å². The molecule has 0 amide bonds. The summed E-state index contributed by atoms with van der Waals surface area (Å²) in [5, 5.41) is 3.80. The van der Waals surface area contributed by atoms with Crippen LogP contribution in [-0.4, -0.2) is 30.1 Å². The molecule has 0 spiro atoms. The lowest BCUT2D eigenvalue weighted by molar-refractivity contribution is 0.0822. The smallest absolute Gasteiger partial charge is 0.0477 e. The van der Waals surface area contributed by atoms with Crippen molar-refractivity contribution in [3.63, 3.8) is 0 Å². The lowest BCUT2D eigenvalue weighted by atomic mass is 9.87. The topological polar surface area (TPSA) is 15.3 Å². The Labute approximate surface area is 131 Å². The fourth-order valence-electron chi connectivity index (χ4n) is 3.11. The van der Waals surface area contributed by atoms with Crippen LogP contribution >= 0.6 is 15.9 Å². The first-order valence-electron chi connectivity index (χ1n) is 7.47.